The van der Waals surface area contributed by atoms with Gasteiger partial charge in [-0.05, 0) is 44.0 Å². The number of benzene rings is 2. The van der Waals surface area contributed by atoms with Crippen LogP contribution in [0, 0.1) is 0 Å². The van der Waals surface area contributed by atoms with E-state index in [4.69, 9.17) is 9.47 Å². The lowest BCUT2D eigenvalue weighted by molar-refractivity contribution is 0.0517. The van der Waals surface area contributed by atoms with E-state index < -0.39 is 15.8 Å². The normalized spacial score (nSPS) is 16.7. The first kappa shape index (κ1) is 23.3. The van der Waals surface area contributed by atoms with Crippen molar-refractivity contribution in [3.63, 3.8) is 0 Å². The highest BCUT2D eigenvalue weighted by atomic mass is 32.2. The van der Waals surface area contributed by atoms with Crippen LogP contribution in [0.4, 0.5) is 0 Å². The predicted molar refractivity (Wildman–Crippen MR) is 127 cm³/mol. The largest absolute Gasteiger partial charge is 0.461 e. The van der Waals surface area contributed by atoms with E-state index in [2.05, 4.69) is 10.4 Å². The quantitative estimate of drug-likeness (QED) is 0.541. The molecule has 9 nitrogen and oxygen atoms in total. The molecule has 0 bridgehead atoms. The van der Waals surface area contributed by atoms with E-state index in [0.717, 1.165) is 12.8 Å². The van der Waals surface area contributed by atoms with E-state index in [1.807, 2.05) is 0 Å². The Morgan fingerprint density at radius 3 is 2.69 bits per heavy atom. The van der Waals surface area contributed by atoms with Gasteiger partial charge in [0.1, 0.15) is 0 Å². The summed E-state index contributed by atoms with van der Waals surface area (Å²) in [5.41, 5.74) is 2.17. The van der Waals surface area contributed by atoms with Crippen LogP contribution in [-0.2, 0) is 25.1 Å². The molecular formula is C25H25N3O6S. The summed E-state index contributed by atoms with van der Waals surface area (Å²) in [4.78, 5) is 25.8. The molecule has 1 aromatic heterocycles. The Morgan fingerprint density at radius 2 is 1.91 bits per heavy atom. The van der Waals surface area contributed by atoms with Gasteiger partial charge in [-0.15, -0.1) is 0 Å². The number of hydrogen-bond acceptors (Lipinski definition) is 7. The van der Waals surface area contributed by atoms with E-state index in [1.165, 1.54) is 4.68 Å². The van der Waals surface area contributed by atoms with Crippen molar-refractivity contribution in [2.45, 2.75) is 36.5 Å². The molecule has 2 aliphatic heterocycles. The molecule has 10 heteroatoms. The van der Waals surface area contributed by atoms with Crippen molar-refractivity contribution in [2.24, 2.45) is 0 Å². The summed E-state index contributed by atoms with van der Waals surface area (Å²) in [5, 5.41) is 7.53. The first-order valence-electron chi connectivity index (χ1n) is 11.5. The van der Waals surface area contributed by atoms with Crippen LogP contribution in [0.5, 0.6) is 0 Å². The molecule has 3 aromatic rings. The lowest BCUT2D eigenvalue weighted by atomic mass is 10.1. The van der Waals surface area contributed by atoms with Gasteiger partial charge in [-0.25, -0.2) is 17.9 Å². The van der Waals surface area contributed by atoms with E-state index >= 15 is 0 Å². The molecule has 2 aliphatic rings. The van der Waals surface area contributed by atoms with Crippen molar-refractivity contribution >= 4 is 21.7 Å². The average molecular weight is 496 g/mol. The summed E-state index contributed by atoms with van der Waals surface area (Å²) in [6, 6.07) is 13.6. The van der Waals surface area contributed by atoms with E-state index in [-0.39, 0.29) is 34.9 Å². The van der Waals surface area contributed by atoms with Crippen molar-refractivity contribution in [1.29, 1.82) is 0 Å². The van der Waals surface area contributed by atoms with Gasteiger partial charge < -0.3 is 14.8 Å². The van der Waals surface area contributed by atoms with Crippen LogP contribution in [-0.4, -0.2) is 55.9 Å². The number of rotatable bonds is 5. The highest BCUT2D eigenvalue weighted by Crippen LogP contribution is 2.40. The maximum atomic E-state index is 13.0. The number of esters is 1. The standard InChI is InChI=1S/C25H25N3O6S/c1-2-34-25(30)22-20-15-35(31,32)21-9-4-3-8-19(21)23(20)28(27-22)18-7-5-6-16(14-18)24(29)26-17-10-12-33-13-11-17/h3-9,14,17H,2,10-13,15H2,1H3,(H,26,29). The smallest absolute Gasteiger partial charge is 0.359 e. The molecule has 35 heavy (non-hydrogen) atoms. The molecule has 2 aromatic carbocycles. The number of nitrogens with zero attached hydrogens (tertiary/aromatic N) is 2. The van der Waals surface area contributed by atoms with Crippen molar-refractivity contribution in [3.8, 4) is 16.9 Å². The fourth-order valence-corrected chi connectivity index (χ4v) is 6.10. The second kappa shape index (κ2) is 9.27. The van der Waals surface area contributed by atoms with Crippen LogP contribution in [0.1, 0.15) is 46.2 Å². The summed E-state index contributed by atoms with van der Waals surface area (Å²) in [5.74, 6) is -1.27. The van der Waals surface area contributed by atoms with Crippen LogP contribution >= 0.6 is 0 Å². The number of amides is 1. The van der Waals surface area contributed by atoms with Gasteiger partial charge in [0, 0.05) is 35.9 Å². The Labute approximate surface area is 203 Å². The van der Waals surface area contributed by atoms with Crippen LogP contribution in [0.3, 0.4) is 0 Å². The Balaban J connectivity index is 1.61. The number of carbonyl (C=O) groups is 2. The molecule has 1 saturated heterocycles. The predicted octanol–water partition coefficient (Wildman–Crippen LogP) is 2.91. The van der Waals surface area contributed by atoms with Crippen molar-refractivity contribution < 1.29 is 27.5 Å². The van der Waals surface area contributed by atoms with Crippen LogP contribution in [0.2, 0.25) is 0 Å². The number of hydrogen-bond donors (Lipinski definition) is 1. The van der Waals surface area contributed by atoms with Crippen LogP contribution < -0.4 is 5.32 Å². The molecule has 0 atom stereocenters. The van der Waals surface area contributed by atoms with Gasteiger partial charge in [0.2, 0.25) is 0 Å². The molecule has 1 amide bonds. The monoisotopic (exact) mass is 495 g/mol. The molecule has 3 heterocycles. The van der Waals surface area contributed by atoms with Gasteiger partial charge in [0.25, 0.3) is 5.91 Å². The lowest BCUT2D eigenvalue weighted by Crippen LogP contribution is -2.38. The van der Waals surface area contributed by atoms with Gasteiger partial charge in [0.15, 0.2) is 15.5 Å². The molecular weight excluding hydrogens is 470 g/mol. The highest BCUT2D eigenvalue weighted by Gasteiger charge is 2.36. The minimum atomic E-state index is -3.67. The zero-order valence-corrected chi connectivity index (χ0v) is 20.0. The first-order valence-corrected chi connectivity index (χ1v) is 13.1. The van der Waals surface area contributed by atoms with Gasteiger partial charge in [-0.1, -0.05) is 24.3 Å². The summed E-state index contributed by atoms with van der Waals surface area (Å²) < 4.78 is 38.0. The molecule has 182 valence electrons. The third-order valence-electron chi connectivity index (χ3n) is 6.17. The highest BCUT2D eigenvalue weighted by molar-refractivity contribution is 7.90. The first-order chi connectivity index (χ1) is 16.9. The van der Waals surface area contributed by atoms with Crippen LogP contribution in [0.15, 0.2) is 53.4 Å². The summed E-state index contributed by atoms with van der Waals surface area (Å²) >= 11 is 0. The molecule has 0 radical (unpaired) electrons. The van der Waals surface area contributed by atoms with Gasteiger partial charge in [-0.3, -0.25) is 4.79 Å². The van der Waals surface area contributed by atoms with Crippen molar-refractivity contribution in [3.05, 3.63) is 65.4 Å². The third-order valence-corrected chi connectivity index (χ3v) is 7.87. The van der Waals surface area contributed by atoms with E-state index in [1.54, 1.807) is 55.5 Å². The Morgan fingerprint density at radius 1 is 1.14 bits per heavy atom. The third kappa shape index (κ3) is 4.35. The molecule has 0 aliphatic carbocycles. The second-order valence-electron chi connectivity index (χ2n) is 8.47. The molecule has 1 N–H and O–H groups in total. The van der Waals surface area contributed by atoms with Gasteiger partial charge >= 0.3 is 5.97 Å². The summed E-state index contributed by atoms with van der Waals surface area (Å²) in [6.45, 7) is 3.03. The fourth-order valence-electron chi connectivity index (χ4n) is 4.50. The maximum absolute atomic E-state index is 13.0. The number of ether oxygens (including phenoxy) is 2. The lowest BCUT2D eigenvalue weighted by Gasteiger charge is -2.23. The minimum absolute atomic E-state index is 0.0445. The number of aromatic nitrogens is 2. The zero-order chi connectivity index (χ0) is 24.6. The second-order valence-corrected chi connectivity index (χ2v) is 10.4. The molecule has 0 unspecified atom stereocenters. The Hall–Kier alpha value is -3.50. The van der Waals surface area contributed by atoms with Crippen LogP contribution in [0.25, 0.3) is 16.9 Å². The van der Waals surface area contributed by atoms with Gasteiger partial charge in [0.05, 0.1) is 28.6 Å². The van der Waals surface area contributed by atoms with E-state index in [0.29, 0.717) is 41.3 Å². The topological polar surface area (TPSA) is 117 Å². The number of fused-ring (bicyclic) bond motifs is 3. The van der Waals surface area contributed by atoms with Crippen molar-refractivity contribution in [2.75, 3.05) is 19.8 Å². The molecule has 0 spiro atoms. The molecule has 5 rings (SSSR count). The minimum Gasteiger partial charge on any atom is -0.461 e. The molecule has 1 fully saturated rings. The zero-order valence-electron chi connectivity index (χ0n) is 19.2. The van der Waals surface area contributed by atoms with Crippen molar-refractivity contribution in [1.82, 2.24) is 15.1 Å². The number of carbonyl (C=O) groups excluding carboxylic acids is 2. The number of sulfone groups is 1. The fraction of sp³-hybridized carbons (Fsp3) is 0.320. The Kier molecular flexibility index (Phi) is 6.16. The summed E-state index contributed by atoms with van der Waals surface area (Å²) in [6.07, 6.45) is 1.51. The number of nitrogens with one attached hydrogen (secondary N) is 1. The SMILES string of the molecule is CCOC(=O)c1nn(-c2cccc(C(=O)NC3CCOCC3)c2)c2c1CS(=O)(=O)c1ccccc1-2. The summed E-state index contributed by atoms with van der Waals surface area (Å²) in [7, 11) is -3.67. The molecule has 0 saturated carbocycles. The average Bonchev–Trinajstić information content (AvgIpc) is 3.24. The maximum Gasteiger partial charge on any atom is 0.359 e. The Bertz CT molecular complexity index is 1410. The van der Waals surface area contributed by atoms with Gasteiger partial charge in [-0.2, -0.15) is 5.10 Å². The van der Waals surface area contributed by atoms with E-state index in [9.17, 15) is 18.0 Å².